The molecule has 0 saturated carbocycles. The molecule has 2 heterocycles. The molecule has 2 aromatic carbocycles. The number of non-ortho nitro benzene ring substituents is 1. The van der Waals surface area contributed by atoms with Crippen molar-refractivity contribution in [3.8, 4) is 5.75 Å². The number of nitrogens with zero attached hydrogens (tertiary/aromatic N) is 2. The maximum absolute atomic E-state index is 11.1. The van der Waals surface area contributed by atoms with Crippen LogP contribution in [0.4, 0.5) is 11.4 Å². The van der Waals surface area contributed by atoms with Gasteiger partial charge in [-0.1, -0.05) is 15.9 Å². The summed E-state index contributed by atoms with van der Waals surface area (Å²) in [6.45, 7) is 1.99. The van der Waals surface area contributed by atoms with E-state index >= 15 is 0 Å². The molecular weight excluding hydrogens is 406 g/mol. The maximum Gasteiger partial charge on any atom is 0.270 e. The summed E-state index contributed by atoms with van der Waals surface area (Å²) in [5, 5.41) is 14.9. The smallest absolute Gasteiger partial charge is 0.270 e. The van der Waals surface area contributed by atoms with Crippen molar-refractivity contribution in [1.29, 1.82) is 0 Å². The number of nitro groups is 1. The van der Waals surface area contributed by atoms with E-state index in [0.29, 0.717) is 17.3 Å². The quantitative estimate of drug-likeness (QED) is 0.444. The zero-order valence-electron chi connectivity index (χ0n) is 13.2. The van der Waals surface area contributed by atoms with E-state index in [4.69, 9.17) is 17.0 Å². The van der Waals surface area contributed by atoms with Gasteiger partial charge in [-0.15, -0.1) is 0 Å². The number of nitrogens with one attached hydrogen (secondary N) is 1. The lowest BCUT2D eigenvalue weighted by Crippen LogP contribution is -2.65. The fraction of sp³-hybridized carbons (Fsp3) is 0.235. The van der Waals surface area contributed by atoms with E-state index in [9.17, 15) is 10.1 Å². The molecule has 0 aromatic heterocycles. The van der Waals surface area contributed by atoms with E-state index < -0.39 is 10.6 Å². The number of nitro benzene ring substituents is 1. The molecule has 0 aliphatic carbocycles. The van der Waals surface area contributed by atoms with Gasteiger partial charge in [0.05, 0.1) is 11.0 Å². The van der Waals surface area contributed by atoms with Gasteiger partial charge >= 0.3 is 0 Å². The fourth-order valence-corrected chi connectivity index (χ4v) is 4.16. The average molecular weight is 420 g/mol. The van der Waals surface area contributed by atoms with Gasteiger partial charge in [0.25, 0.3) is 5.69 Å². The molecule has 6 nitrogen and oxygen atoms in total. The van der Waals surface area contributed by atoms with Crippen LogP contribution in [0.15, 0.2) is 46.9 Å². The van der Waals surface area contributed by atoms with Crippen LogP contribution in [0.1, 0.15) is 24.9 Å². The molecule has 0 amide bonds. The molecule has 128 valence electrons. The number of rotatable bonds is 2. The van der Waals surface area contributed by atoms with E-state index in [2.05, 4.69) is 21.2 Å². The summed E-state index contributed by atoms with van der Waals surface area (Å²) in [5.41, 5.74) is 1.08. The largest absolute Gasteiger partial charge is 0.467 e. The Kier molecular flexibility index (Phi) is 3.69. The number of hydrogen-bond donors (Lipinski definition) is 1. The summed E-state index contributed by atoms with van der Waals surface area (Å²) in [5.74, 6) is 0.640. The Balaban J connectivity index is 1.77. The first-order chi connectivity index (χ1) is 11.9. The average Bonchev–Trinajstić information content (AvgIpc) is 2.55. The van der Waals surface area contributed by atoms with Crippen LogP contribution < -0.4 is 15.0 Å². The van der Waals surface area contributed by atoms with Crippen molar-refractivity contribution < 1.29 is 9.66 Å². The summed E-state index contributed by atoms with van der Waals surface area (Å²) >= 11 is 9.01. The Morgan fingerprint density at radius 1 is 1.36 bits per heavy atom. The van der Waals surface area contributed by atoms with Gasteiger partial charge in [0.2, 0.25) is 0 Å². The highest BCUT2D eigenvalue weighted by Gasteiger charge is 2.48. The van der Waals surface area contributed by atoms with Crippen molar-refractivity contribution in [3.63, 3.8) is 0 Å². The lowest BCUT2D eigenvalue weighted by molar-refractivity contribution is -0.385. The molecule has 0 radical (unpaired) electrons. The van der Waals surface area contributed by atoms with E-state index in [0.717, 1.165) is 15.7 Å². The molecule has 1 fully saturated rings. The van der Waals surface area contributed by atoms with Crippen molar-refractivity contribution in [2.24, 2.45) is 0 Å². The normalized spacial score (nSPS) is 24.2. The number of thiocarbonyl (C=S) groups is 1. The van der Waals surface area contributed by atoms with Gasteiger partial charge in [-0.05, 0) is 49.5 Å². The lowest BCUT2D eigenvalue weighted by atomic mass is 9.90. The molecule has 0 spiro atoms. The molecule has 2 aliphatic heterocycles. The summed E-state index contributed by atoms with van der Waals surface area (Å²) in [4.78, 5) is 12.6. The minimum Gasteiger partial charge on any atom is -0.467 e. The maximum atomic E-state index is 11.1. The van der Waals surface area contributed by atoms with E-state index in [1.54, 1.807) is 12.1 Å². The van der Waals surface area contributed by atoms with Crippen molar-refractivity contribution in [3.05, 3.63) is 62.6 Å². The van der Waals surface area contributed by atoms with Gasteiger partial charge in [-0.25, -0.2) is 0 Å². The highest BCUT2D eigenvalue weighted by Crippen LogP contribution is 2.46. The van der Waals surface area contributed by atoms with Crippen LogP contribution in [0.3, 0.4) is 0 Å². The van der Waals surface area contributed by atoms with Gasteiger partial charge in [-0.3, -0.25) is 15.0 Å². The molecule has 2 aromatic rings. The molecule has 2 atom stereocenters. The van der Waals surface area contributed by atoms with Gasteiger partial charge in [-0.2, -0.15) is 0 Å². The number of hydrogen-bond acceptors (Lipinski definition) is 4. The Morgan fingerprint density at radius 3 is 2.76 bits per heavy atom. The minimum atomic E-state index is -0.663. The van der Waals surface area contributed by atoms with Crippen LogP contribution in [0.25, 0.3) is 0 Å². The van der Waals surface area contributed by atoms with Crippen LogP contribution in [-0.4, -0.2) is 15.8 Å². The molecule has 2 bridgehead atoms. The first kappa shape index (κ1) is 16.3. The Morgan fingerprint density at radius 2 is 2.08 bits per heavy atom. The summed E-state index contributed by atoms with van der Waals surface area (Å²) in [7, 11) is 0. The summed E-state index contributed by atoms with van der Waals surface area (Å²) < 4.78 is 7.24. The van der Waals surface area contributed by atoms with E-state index in [1.165, 1.54) is 6.07 Å². The second kappa shape index (κ2) is 5.67. The van der Waals surface area contributed by atoms with Gasteiger partial charge < -0.3 is 10.1 Å². The lowest BCUT2D eigenvalue weighted by Gasteiger charge is -2.52. The van der Waals surface area contributed by atoms with Crippen LogP contribution in [0.2, 0.25) is 0 Å². The van der Waals surface area contributed by atoms with Gasteiger partial charge in [0.1, 0.15) is 5.75 Å². The Labute approximate surface area is 158 Å². The van der Waals surface area contributed by atoms with Crippen LogP contribution in [-0.2, 0) is 0 Å². The zero-order valence-corrected chi connectivity index (χ0v) is 15.6. The van der Waals surface area contributed by atoms with Crippen LogP contribution in [0.5, 0.6) is 5.75 Å². The molecule has 1 saturated heterocycles. The minimum absolute atomic E-state index is 0.0500. The second-order valence-electron chi connectivity index (χ2n) is 6.27. The fourth-order valence-electron chi connectivity index (χ4n) is 3.46. The molecule has 1 N–H and O–H groups in total. The zero-order chi connectivity index (χ0) is 17.8. The summed E-state index contributed by atoms with van der Waals surface area (Å²) in [6.07, 6.45) is 0.622. The number of benzene rings is 2. The molecule has 25 heavy (non-hydrogen) atoms. The Bertz CT molecular complexity index is 889. The van der Waals surface area contributed by atoms with Crippen LogP contribution >= 0.6 is 28.1 Å². The van der Waals surface area contributed by atoms with E-state index in [-0.39, 0.29) is 11.7 Å². The molecular formula is C17H14BrN3O3S. The SMILES string of the molecule is C[C@]12CC(NC(=S)N1c1ccc(Br)cc1)c1cc([N+](=O)[O-])ccc1O2. The van der Waals surface area contributed by atoms with Crippen molar-refractivity contribution >= 4 is 44.6 Å². The molecule has 1 unspecified atom stereocenters. The van der Waals surface area contributed by atoms with E-state index in [1.807, 2.05) is 36.1 Å². The highest BCUT2D eigenvalue weighted by molar-refractivity contribution is 9.10. The predicted octanol–water partition coefficient (Wildman–Crippen LogP) is 4.29. The number of fused-ring (bicyclic) bond motifs is 4. The van der Waals surface area contributed by atoms with Crippen molar-refractivity contribution in [2.75, 3.05) is 4.90 Å². The van der Waals surface area contributed by atoms with Crippen molar-refractivity contribution in [1.82, 2.24) is 5.32 Å². The van der Waals surface area contributed by atoms with Crippen LogP contribution in [0, 0.1) is 10.1 Å². The second-order valence-corrected chi connectivity index (χ2v) is 7.58. The Hall–Kier alpha value is -2.19. The number of ether oxygens (including phenoxy) is 1. The first-order valence-electron chi connectivity index (χ1n) is 7.71. The third-order valence-corrected chi connectivity index (χ3v) is 5.38. The standard InChI is InChI=1S/C17H14BrN3O3S/c1-17-9-14(13-8-12(21(22)23)6-7-15(13)24-17)19-16(25)20(17)11-4-2-10(18)3-5-11/h2-8,14H,9H2,1H3,(H,19,25)/t14?,17-/m0/s1. The number of anilines is 1. The van der Waals surface area contributed by atoms with Crippen molar-refractivity contribution in [2.45, 2.75) is 25.1 Å². The molecule has 8 heteroatoms. The highest BCUT2D eigenvalue weighted by atomic mass is 79.9. The predicted molar refractivity (Wildman–Crippen MR) is 102 cm³/mol. The molecule has 4 rings (SSSR count). The third-order valence-electron chi connectivity index (χ3n) is 4.55. The topological polar surface area (TPSA) is 67.6 Å². The number of halogens is 1. The van der Waals surface area contributed by atoms with Gasteiger partial charge in [0, 0.05) is 34.3 Å². The molecule has 2 aliphatic rings. The third kappa shape index (κ3) is 2.65. The monoisotopic (exact) mass is 419 g/mol. The van der Waals surface area contributed by atoms with Gasteiger partial charge in [0.15, 0.2) is 10.8 Å². The summed E-state index contributed by atoms with van der Waals surface area (Å²) in [6, 6.07) is 12.4. The first-order valence-corrected chi connectivity index (χ1v) is 8.91.